The fourth-order valence-corrected chi connectivity index (χ4v) is 2.25. The highest BCUT2D eigenvalue weighted by molar-refractivity contribution is 5.97. The Morgan fingerprint density at radius 1 is 1.29 bits per heavy atom. The first-order valence-electron chi connectivity index (χ1n) is 6.30. The summed E-state index contributed by atoms with van der Waals surface area (Å²) in [6.07, 6.45) is 2.18. The second-order valence-electron chi connectivity index (χ2n) is 4.66. The van der Waals surface area contributed by atoms with E-state index in [1.165, 1.54) is 0 Å². The van der Waals surface area contributed by atoms with Crippen molar-refractivity contribution in [2.24, 2.45) is 0 Å². The molecule has 0 saturated carbocycles. The van der Waals surface area contributed by atoms with Crippen LogP contribution in [0.25, 0.3) is 0 Å². The summed E-state index contributed by atoms with van der Waals surface area (Å²) < 4.78 is 0. The number of carbonyl (C=O) groups is 1. The van der Waals surface area contributed by atoms with Crippen molar-refractivity contribution in [2.75, 3.05) is 18.0 Å². The molecule has 2 rings (SSSR count). The van der Waals surface area contributed by atoms with E-state index in [0.29, 0.717) is 0 Å². The van der Waals surface area contributed by atoms with E-state index >= 15 is 0 Å². The van der Waals surface area contributed by atoms with Crippen molar-refractivity contribution in [1.29, 1.82) is 0 Å². The third-order valence-electron chi connectivity index (χ3n) is 3.30. The van der Waals surface area contributed by atoms with Crippen LogP contribution in [0.2, 0.25) is 0 Å². The molecule has 17 heavy (non-hydrogen) atoms. The number of anilines is 1. The number of carbonyl (C=O) groups excluding carboxylic acids is 1. The fraction of sp³-hybridized carbons (Fsp3) is 0.500. The zero-order valence-corrected chi connectivity index (χ0v) is 10.6. The molecule has 3 nitrogen and oxygen atoms in total. The summed E-state index contributed by atoms with van der Waals surface area (Å²) in [5.74, 6) is 0.180. The van der Waals surface area contributed by atoms with Gasteiger partial charge < -0.3 is 10.2 Å². The number of amides is 1. The second kappa shape index (κ2) is 5.32. The van der Waals surface area contributed by atoms with Crippen molar-refractivity contribution < 1.29 is 4.79 Å². The largest absolute Gasteiger partial charge is 0.311 e. The topological polar surface area (TPSA) is 32.3 Å². The SMILES string of the molecule is Cc1ccccc1N1CCCCNC(C)C1=O. The summed E-state index contributed by atoms with van der Waals surface area (Å²) >= 11 is 0. The lowest BCUT2D eigenvalue weighted by atomic mass is 10.1. The van der Waals surface area contributed by atoms with Gasteiger partial charge in [0.1, 0.15) is 0 Å². The Balaban J connectivity index is 2.28. The Hall–Kier alpha value is -1.35. The number of aryl methyl sites for hydroxylation is 1. The molecule has 0 spiro atoms. The Morgan fingerprint density at radius 2 is 2.06 bits per heavy atom. The molecular formula is C14H20N2O. The molecule has 1 atom stereocenters. The third-order valence-corrected chi connectivity index (χ3v) is 3.30. The average Bonchev–Trinajstić information content (AvgIpc) is 2.32. The van der Waals surface area contributed by atoms with Crippen LogP contribution in [0, 0.1) is 6.92 Å². The molecule has 1 aromatic rings. The van der Waals surface area contributed by atoms with Gasteiger partial charge in [0.05, 0.1) is 6.04 Å². The predicted molar refractivity (Wildman–Crippen MR) is 70.2 cm³/mol. The van der Waals surface area contributed by atoms with Crippen molar-refractivity contribution in [3.05, 3.63) is 29.8 Å². The summed E-state index contributed by atoms with van der Waals surface area (Å²) in [4.78, 5) is 14.2. The monoisotopic (exact) mass is 232 g/mol. The molecule has 1 amide bonds. The van der Waals surface area contributed by atoms with Crippen LogP contribution >= 0.6 is 0 Å². The molecule has 1 N–H and O–H groups in total. The number of rotatable bonds is 1. The molecule has 3 heteroatoms. The Bertz CT molecular complexity index is 403. The zero-order chi connectivity index (χ0) is 12.3. The van der Waals surface area contributed by atoms with E-state index in [2.05, 4.69) is 18.3 Å². The molecule has 0 aromatic heterocycles. The Morgan fingerprint density at radius 3 is 2.82 bits per heavy atom. The van der Waals surface area contributed by atoms with Gasteiger partial charge in [0.2, 0.25) is 5.91 Å². The van der Waals surface area contributed by atoms with E-state index in [1.807, 2.05) is 30.0 Å². The van der Waals surface area contributed by atoms with Crippen LogP contribution in [-0.2, 0) is 4.79 Å². The molecular weight excluding hydrogens is 212 g/mol. The molecule has 1 aromatic carbocycles. The normalized spacial score (nSPS) is 22.1. The van der Waals surface area contributed by atoms with Crippen LogP contribution in [0.4, 0.5) is 5.69 Å². The van der Waals surface area contributed by atoms with Crippen LogP contribution in [0.5, 0.6) is 0 Å². The lowest BCUT2D eigenvalue weighted by molar-refractivity contribution is -0.120. The van der Waals surface area contributed by atoms with E-state index in [0.717, 1.165) is 37.2 Å². The van der Waals surface area contributed by atoms with Gasteiger partial charge in [-0.1, -0.05) is 18.2 Å². The van der Waals surface area contributed by atoms with Crippen LogP contribution in [-0.4, -0.2) is 25.0 Å². The molecule has 1 aliphatic heterocycles. The van der Waals surface area contributed by atoms with Gasteiger partial charge in [0.15, 0.2) is 0 Å². The van der Waals surface area contributed by atoms with Crippen LogP contribution in [0.3, 0.4) is 0 Å². The lowest BCUT2D eigenvalue weighted by Gasteiger charge is -2.29. The van der Waals surface area contributed by atoms with Gasteiger partial charge >= 0.3 is 0 Å². The van der Waals surface area contributed by atoms with E-state index in [9.17, 15) is 4.79 Å². The highest BCUT2D eigenvalue weighted by atomic mass is 16.2. The van der Waals surface area contributed by atoms with Crippen LogP contribution < -0.4 is 10.2 Å². The van der Waals surface area contributed by atoms with Gasteiger partial charge in [-0.3, -0.25) is 4.79 Å². The number of nitrogens with one attached hydrogen (secondary N) is 1. The van der Waals surface area contributed by atoms with E-state index in [-0.39, 0.29) is 11.9 Å². The van der Waals surface area contributed by atoms with Gasteiger partial charge in [-0.25, -0.2) is 0 Å². The van der Waals surface area contributed by atoms with Crippen molar-refractivity contribution in [1.82, 2.24) is 5.32 Å². The first-order chi connectivity index (χ1) is 8.20. The minimum Gasteiger partial charge on any atom is -0.311 e. The molecule has 1 saturated heterocycles. The number of hydrogen-bond donors (Lipinski definition) is 1. The van der Waals surface area contributed by atoms with Gasteiger partial charge in [-0.05, 0) is 44.9 Å². The Kier molecular flexibility index (Phi) is 3.79. The molecule has 0 bridgehead atoms. The Labute approximate surface area is 103 Å². The van der Waals surface area contributed by atoms with Crippen molar-refractivity contribution in [3.8, 4) is 0 Å². The van der Waals surface area contributed by atoms with Crippen LogP contribution in [0.15, 0.2) is 24.3 Å². The van der Waals surface area contributed by atoms with Crippen LogP contribution in [0.1, 0.15) is 25.3 Å². The number of benzene rings is 1. The van der Waals surface area contributed by atoms with Crippen molar-refractivity contribution in [3.63, 3.8) is 0 Å². The summed E-state index contributed by atoms with van der Waals surface area (Å²) in [6, 6.07) is 8.00. The minimum absolute atomic E-state index is 0.0880. The van der Waals surface area contributed by atoms with E-state index in [1.54, 1.807) is 0 Å². The second-order valence-corrected chi connectivity index (χ2v) is 4.66. The summed E-state index contributed by atoms with van der Waals surface area (Å²) in [6.45, 7) is 5.77. The number of nitrogens with zero attached hydrogens (tertiary/aromatic N) is 1. The number of hydrogen-bond acceptors (Lipinski definition) is 2. The molecule has 1 aliphatic rings. The zero-order valence-electron chi connectivity index (χ0n) is 10.6. The summed E-state index contributed by atoms with van der Waals surface area (Å²) in [7, 11) is 0. The summed E-state index contributed by atoms with van der Waals surface area (Å²) in [5.41, 5.74) is 2.21. The first-order valence-corrected chi connectivity index (χ1v) is 6.30. The van der Waals surface area contributed by atoms with Gasteiger partial charge in [-0.2, -0.15) is 0 Å². The molecule has 1 unspecified atom stereocenters. The smallest absolute Gasteiger partial charge is 0.243 e. The summed E-state index contributed by atoms with van der Waals surface area (Å²) in [5, 5.41) is 3.26. The molecule has 1 fully saturated rings. The predicted octanol–water partition coefficient (Wildman–Crippen LogP) is 2.10. The molecule has 0 aliphatic carbocycles. The number of para-hydroxylation sites is 1. The van der Waals surface area contributed by atoms with E-state index < -0.39 is 0 Å². The standard InChI is InChI=1S/C14H20N2O/c1-11-7-3-4-8-13(11)16-10-6-5-9-15-12(2)14(16)17/h3-4,7-8,12,15H,5-6,9-10H2,1-2H3. The van der Waals surface area contributed by atoms with Gasteiger partial charge in [-0.15, -0.1) is 0 Å². The molecule has 1 heterocycles. The van der Waals surface area contributed by atoms with Gasteiger partial charge in [0.25, 0.3) is 0 Å². The maximum atomic E-state index is 12.3. The first kappa shape index (κ1) is 12.1. The minimum atomic E-state index is -0.0880. The highest BCUT2D eigenvalue weighted by Gasteiger charge is 2.23. The maximum Gasteiger partial charge on any atom is 0.243 e. The lowest BCUT2D eigenvalue weighted by Crippen LogP contribution is -2.47. The molecule has 0 radical (unpaired) electrons. The van der Waals surface area contributed by atoms with Crippen molar-refractivity contribution in [2.45, 2.75) is 32.7 Å². The third kappa shape index (κ3) is 2.67. The molecule has 92 valence electrons. The fourth-order valence-electron chi connectivity index (χ4n) is 2.25. The maximum absolute atomic E-state index is 12.3. The van der Waals surface area contributed by atoms with Crippen molar-refractivity contribution >= 4 is 11.6 Å². The average molecular weight is 232 g/mol. The quantitative estimate of drug-likeness (QED) is 0.804. The van der Waals surface area contributed by atoms with E-state index in [4.69, 9.17) is 0 Å². The highest BCUT2D eigenvalue weighted by Crippen LogP contribution is 2.21. The van der Waals surface area contributed by atoms with Gasteiger partial charge in [0, 0.05) is 12.2 Å².